The number of hydrogen-bond donors (Lipinski definition) is 2. The fourth-order valence-corrected chi connectivity index (χ4v) is 7.85. The summed E-state index contributed by atoms with van der Waals surface area (Å²) in [5, 5.41) is 53.7. The number of carbonyl (C=O) groups excluding carboxylic acids is 2. The Hall–Kier alpha value is -5.88. The molecule has 7 rings (SSSR count). The normalized spacial score (nSPS) is 17.0. The van der Waals surface area contributed by atoms with Crippen LogP contribution in [0.15, 0.2) is 132 Å². The molecular formula is C41H36BrCl2CoN10O8S2-. The van der Waals surface area contributed by atoms with E-state index in [-0.39, 0.29) is 74.8 Å². The molecule has 65 heavy (non-hydrogen) atoms. The Morgan fingerprint density at radius 1 is 0.800 bits per heavy atom. The summed E-state index contributed by atoms with van der Waals surface area (Å²) in [4.78, 5) is 51.7. The number of allylic oxidation sites excluding steroid dienone is 7. The van der Waals surface area contributed by atoms with Gasteiger partial charge in [-0.25, -0.2) is 0 Å². The minimum Gasteiger partial charge on any atom is -0.506 e. The van der Waals surface area contributed by atoms with E-state index < -0.39 is 21.4 Å². The average Bonchev–Trinajstić information content (AvgIpc) is 3.98. The van der Waals surface area contributed by atoms with Crippen molar-refractivity contribution in [1.82, 2.24) is 9.97 Å². The number of aliphatic hydroxyl groups excluding tert-OH is 2. The van der Waals surface area contributed by atoms with Gasteiger partial charge in [-0.05, 0) is 75.8 Å². The van der Waals surface area contributed by atoms with Crippen molar-refractivity contribution in [2.24, 2.45) is 20.4 Å². The summed E-state index contributed by atoms with van der Waals surface area (Å²) in [6.07, 6.45) is 10.7. The number of anilines is 1. The quantitative estimate of drug-likeness (QED) is 0.0703. The van der Waals surface area contributed by atoms with Crippen LogP contribution in [0.3, 0.4) is 0 Å². The van der Waals surface area contributed by atoms with E-state index in [0.29, 0.717) is 0 Å². The zero-order valence-electron chi connectivity index (χ0n) is 34.7. The molecule has 24 heteroatoms. The predicted molar refractivity (Wildman–Crippen MR) is 251 cm³/mol. The first-order chi connectivity index (χ1) is 30.3. The van der Waals surface area contributed by atoms with Crippen LogP contribution in [0, 0.1) is 20.2 Å². The van der Waals surface area contributed by atoms with Gasteiger partial charge in [-0.2, -0.15) is 4.58 Å². The van der Waals surface area contributed by atoms with Gasteiger partial charge in [-0.1, -0.05) is 73.9 Å². The number of nitrogens with zero attached hydrogens (tertiary/aromatic N) is 10. The first-order valence-corrected chi connectivity index (χ1v) is 21.9. The summed E-state index contributed by atoms with van der Waals surface area (Å²) in [7, 11) is 2.16. The molecule has 18 nitrogen and oxygen atoms in total. The number of thiazole rings is 2. The number of aromatic nitrogens is 2. The van der Waals surface area contributed by atoms with Gasteiger partial charge in [0.1, 0.15) is 30.0 Å². The van der Waals surface area contributed by atoms with Gasteiger partial charge in [0.15, 0.2) is 5.71 Å². The Labute approximate surface area is 407 Å². The maximum atomic E-state index is 11.1. The van der Waals surface area contributed by atoms with E-state index in [1.807, 2.05) is 0 Å². The maximum Gasteiger partial charge on any atom is 0.319 e. The molecule has 2 aliphatic carbocycles. The fraction of sp³-hybridized carbons (Fsp3) is 0.195. The van der Waals surface area contributed by atoms with Gasteiger partial charge >= 0.3 is 10.0 Å². The molecule has 1 radical (unpaired) electrons. The number of benzene rings is 2. The summed E-state index contributed by atoms with van der Waals surface area (Å²) in [6, 6.07) is 15.4. The first-order valence-electron chi connectivity index (χ1n) is 18.7. The molecule has 0 unspecified atom stereocenters. The molecule has 4 aromatic rings. The number of aliphatic hydroxyl groups is 2. The molecule has 0 atom stereocenters. The molecule has 3 heterocycles. The molecule has 0 saturated heterocycles. The second-order valence-electron chi connectivity index (χ2n) is 13.7. The van der Waals surface area contributed by atoms with E-state index >= 15 is 0 Å². The molecule has 0 fully saturated rings. The standard InChI is InChI=1S/C23H28BrN2.2C9H5ClN4O4S.Co/c1-6-26(7-2)19-12-8-17(9-13-19)10-15-22-23(3,4)20-16-18(24)11-14-21(20)25(22)5;2*10-4-1-5(7(16)2-6(4)15)12-13-9-11-3-8(19-9)14(17)18;/h8-16H,6-7H2,1-5H3;2*1-3H,(H2,11,13,15,16);/q+1;;;/p-2. The van der Waals surface area contributed by atoms with Gasteiger partial charge in [0.05, 0.1) is 25.3 Å². The Bertz CT molecular complexity index is 2800. The minimum absolute atomic E-state index is 0. The molecule has 0 amide bonds. The van der Waals surface area contributed by atoms with Crippen molar-refractivity contribution in [3.05, 3.63) is 152 Å². The number of hydrogen-bond acceptors (Lipinski definition) is 15. The van der Waals surface area contributed by atoms with Crippen molar-refractivity contribution in [3.8, 4) is 0 Å². The molecule has 0 saturated carbocycles. The second kappa shape index (κ2) is 22.8. The molecule has 0 spiro atoms. The summed E-state index contributed by atoms with van der Waals surface area (Å²) >= 11 is 16.2. The van der Waals surface area contributed by atoms with Crippen molar-refractivity contribution < 1.29 is 51.0 Å². The van der Waals surface area contributed by atoms with Crippen molar-refractivity contribution in [3.63, 3.8) is 0 Å². The van der Waals surface area contributed by atoms with E-state index in [2.05, 4.69) is 145 Å². The zero-order valence-corrected chi connectivity index (χ0v) is 40.4. The fourth-order valence-electron chi connectivity index (χ4n) is 6.06. The molecule has 3 aliphatic rings. The van der Waals surface area contributed by atoms with Gasteiger partial charge < -0.3 is 35.3 Å². The van der Waals surface area contributed by atoms with Crippen molar-refractivity contribution in [2.75, 3.05) is 25.0 Å². The number of rotatable bonds is 9. The maximum absolute atomic E-state index is 11.1. The van der Waals surface area contributed by atoms with E-state index in [9.17, 15) is 40.0 Å². The van der Waals surface area contributed by atoms with Gasteiger partial charge in [0, 0.05) is 91.9 Å². The van der Waals surface area contributed by atoms with Crippen LogP contribution in [0.2, 0.25) is 0 Å². The third-order valence-corrected chi connectivity index (χ3v) is 12.1. The molecular weight excluding hydrogens is 1030 g/mol. The number of nitro groups is 2. The zero-order chi connectivity index (χ0) is 46.9. The summed E-state index contributed by atoms with van der Waals surface area (Å²) in [5.74, 6) is -1.85. The Balaban J connectivity index is 0.000000216. The summed E-state index contributed by atoms with van der Waals surface area (Å²) < 4.78 is 3.44. The van der Waals surface area contributed by atoms with Crippen LogP contribution >= 0.6 is 61.8 Å². The van der Waals surface area contributed by atoms with Gasteiger partial charge in [0.25, 0.3) is 0 Å². The number of carbonyl (C=O) groups is 2. The summed E-state index contributed by atoms with van der Waals surface area (Å²) in [6.45, 7) is 11.1. The van der Waals surface area contributed by atoms with E-state index in [1.54, 1.807) is 0 Å². The topological polar surface area (TPSA) is 245 Å². The molecule has 1 aliphatic heterocycles. The van der Waals surface area contributed by atoms with Gasteiger partial charge in [0.2, 0.25) is 17.3 Å². The van der Waals surface area contributed by atoms with Crippen LogP contribution in [-0.4, -0.2) is 73.5 Å². The van der Waals surface area contributed by atoms with Crippen molar-refractivity contribution in [2.45, 2.75) is 33.1 Å². The SMILES string of the molecule is CCN(CC)c1ccc(/C=C/C2=[N+](C)c3ccc(Br)cc3C2(C)C)cc1.O=C1C=C(O)C(=NN=c2[n-]cc([N+](=O)[O-])s2)C=C1Cl.O=C1C=C(O)C(=NN=c2[n-]cc([N+](=O)[O-])s2)C=C1Cl.[Co]. The van der Waals surface area contributed by atoms with E-state index in [0.717, 1.165) is 76.9 Å². The summed E-state index contributed by atoms with van der Waals surface area (Å²) in [5.41, 5.74) is 6.43. The monoisotopic (exact) mass is 1070 g/mol. The Kier molecular flexibility index (Phi) is 18.2. The van der Waals surface area contributed by atoms with Crippen LogP contribution in [0.1, 0.15) is 38.8 Å². The Morgan fingerprint density at radius 2 is 1.28 bits per heavy atom. The van der Waals surface area contributed by atoms with Crippen LogP contribution in [0.5, 0.6) is 0 Å². The predicted octanol–water partition coefficient (Wildman–Crippen LogP) is 8.05. The molecule has 2 N–H and O–H groups in total. The first kappa shape index (κ1) is 51.7. The van der Waals surface area contributed by atoms with Crippen LogP contribution in [0.25, 0.3) is 6.08 Å². The number of fused-ring (bicyclic) bond motifs is 1. The van der Waals surface area contributed by atoms with Crippen LogP contribution in [-0.2, 0) is 31.8 Å². The van der Waals surface area contributed by atoms with Crippen molar-refractivity contribution in [1.29, 1.82) is 0 Å². The molecule has 341 valence electrons. The van der Waals surface area contributed by atoms with Gasteiger partial charge in [-0.15, -0.1) is 0 Å². The molecule has 2 aromatic heterocycles. The van der Waals surface area contributed by atoms with E-state index in [1.165, 1.54) is 28.2 Å². The molecule has 2 aromatic carbocycles. The third-order valence-electron chi connectivity index (χ3n) is 9.32. The number of ketones is 2. The number of halogens is 3. The smallest absolute Gasteiger partial charge is 0.319 e. The van der Waals surface area contributed by atoms with Crippen molar-refractivity contribution >= 4 is 118 Å². The molecule has 0 bridgehead atoms. The van der Waals surface area contributed by atoms with E-state index in [4.69, 9.17) is 23.2 Å². The third kappa shape index (κ3) is 13.1. The van der Waals surface area contributed by atoms with Gasteiger partial charge in [-0.3, -0.25) is 40.0 Å². The Morgan fingerprint density at radius 3 is 1.71 bits per heavy atom. The van der Waals surface area contributed by atoms with Crippen LogP contribution < -0.4 is 24.5 Å². The largest absolute Gasteiger partial charge is 0.506 e. The second-order valence-corrected chi connectivity index (χ2v) is 17.5. The minimum atomic E-state index is -0.600. The van der Waals surface area contributed by atoms with Crippen LogP contribution in [0.4, 0.5) is 21.4 Å². The average molecular weight is 1070 g/mol.